The third kappa shape index (κ3) is 51.6. The fourth-order valence-electron chi connectivity index (χ4n) is 8.98. The van der Waals surface area contributed by atoms with Crippen LogP contribution in [0.15, 0.2) is 24.3 Å². The molecule has 0 fully saturated rings. The van der Waals surface area contributed by atoms with E-state index < -0.39 is 12.1 Å². The second-order valence-electron chi connectivity index (χ2n) is 20.0. The van der Waals surface area contributed by atoms with Crippen molar-refractivity contribution in [3.63, 3.8) is 0 Å². The molecule has 6 heteroatoms. The number of nitrogens with one attached hydrogen (secondary N) is 1. The van der Waals surface area contributed by atoms with E-state index in [-0.39, 0.29) is 18.5 Å². The van der Waals surface area contributed by atoms with Crippen LogP contribution in [0.4, 0.5) is 0 Å². The van der Waals surface area contributed by atoms with Crippen molar-refractivity contribution in [1.82, 2.24) is 5.32 Å². The van der Waals surface area contributed by atoms with Gasteiger partial charge in [-0.15, -0.1) is 0 Å². The molecule has 0 aromatic heterocycles. The van der Waals surface area contributed by atoms with Gasteiger partial charge in [0.1, 0.15) is 0 Å². The molecule has 0 aliphatic rings. The van der Waals surface area contributed by atoms with E-state index in [4.69, 9.17) is 4.74 Å². The number of amides is 1. The number of carbonyl (C=O) groups excluding carboxylic acids is 2. The summed E-state index contributed by atoms with van der Waals surface area (Å²) in [5, 5.41) is 23.1. The summed E-state index contributed by atoms with van der Waals surface area (Å²) in [6.45, 7) is 4.87. The first-order chi connectivity index (χ1) is 32.0. The first-order valence-electron chi connectivity index (χ1n) is 29.1. The van der Waals surface area contributed by atoms with E-state index in [1.165, 1.54) is 212 Å². The van der Waals surface area contributed by atoms with Crippen molar-refractivity contribution in [1.29, 1.82) is 0 Å². The number of carbonyl (C=O) groups is 2. The second kappa shape index (κ2) is 54.9. The van der Waals surface area contributed by atoms with Gasteiger partial charge in [0.2, 0.25) is 5.91 Å². The van der Waals surface area contributed by atoms with Gasteiger partial charge in [-0.3, -0.25) is 9.59 Å². The molecule has 6 nitrogen and oxygen atoms in total. The van der Waals surface area contributed by atoms with Crippen LogP contribution < -0.4 is 5.32 Å². The number of aliphatic hydroxyl groups excluding tert-OH is 2. The van der Waals surface area contributed by atoms with Crippen LogP contribution in [0.2, 0.25) is 0 Å². The Morgan fingerprint density at radius 1 is 0.415 bits per heavy atom. The van der Waals surface area contributed by atoms with Crippen LogP contribution in [0.5, 0.6) is 0 Å². The van der Waals surface area contributed by atoms with Crippen LogP contribution in [0.3, 0.4) is 0 Å². The average molecular weight is 917 g/mol. The van der Waals surface area contributed by atoms with E-state index in [9.17, 15) is 19.8 Å². The molecule has 384 valence electrons. The molecule has 0 aliphatic carbocycles. The minimum absolute atomic E-state index is 0.0210. The van der Waals surface area contributed by atoms with Gasteiger partial charge in [-0.2, -0.15) is 0 Å². The van der Waals surface area contributed by atoms with Gasteiger partial charge in [0, 0.05) is 12.8 Å². The van der Waals surface area contributed by atoms with Gasteiger partial charge in [-0.1, -0.05) is 263 Å². The quantitative estimate of drug-likeness (QED) is 0.0321. The molecule has 2 unspecified atom stereocenters. The zero-order valence-electron chi connectivity index (χ0n) is 43.7. The number of hydrogen-bond acceptors (Lipinski definition) is 5. The van der Waals surface area contributed by atoms with Gasteiger partial charge in [0.05, 0.1) is 25.4 Å². The highest BCUT2D eigenvalue weighted by Gasteiger charge is 2.18. The lowest BCUT2D eigenvalue weighted by molar-refractivity contribution is -0.143. The zero-order valence-corrected chi connectivity index (χ0v) is 43.7. The first-order valence-corrected chi connectivity index (χ1v) is 29.1. The maximum Gasteiger partial charge on any atom is 0.305 e. The minimum Gasteiger partial charge on any atom is -0.466 e. The van der Waals surface area contributed by atoms with Crippen LogP contribution in [-0.4, -0.2) is 47.4 Å². The number of aliphatic hydroxyl groups is 2. The first kappa shape index (κ1) is 63.3. The Morgan fingerprint density at radius 2 is 0.723 bits per heavy atom. The maximum absolute atomic E-state index is 12.5. The topological polar surface area (TPSA) is 95.9 Å². The van der Waals surface area contributed by atoms with Gasteiger partial charge in [-0.25, -0.2) is 0 Å². The summed E-state index contributed by atoms with van der Waals surface area (Å²) in [5.74, 6) is -0.112. The van der Waals surface area contributed by atoms with E-state index in [1.807, 2.05) is 6.08 Å². The largest absolute Gasteiger partial charge is 0.466 e. The summed E-state index contributed by atoms with van der Waals surface area (Å²) in [4.78, 5) is 24.5. The Kier molecular flexibility index (Phi) is 53.5. The van der Waals surface area contributed by atoms with Gasteiger partial charge >= 0.3 is 5.97 Å². The summed E-state index contributed by atoms with van der Waals surface area (Å²) < 4.78 is 5.46. The lowest BCUT2D eigenvalue weighted by atomic mass is 10.0. The lowest BCUT2D eigenvalue weighted by Gasteiger charge is -2.20. The van der Waals surface area contributed by atoms with Crippen LogP contribution >= 0.6 is 0 Å². The fourth-order valence-corrected chi connectivity index (χ4v) is 8.98. The number of ether oxygens (including phenoxy) is 1. The highest BCUT2D eigenvalue weighted by atomic mass is 16.5. The molecule has 1 amide bonds. The molecule has 0 bridgehead atoms. The Hall–Kier alpha value is -1.66. The molecule has 0 aromatic rings. The minimum atomic E-state index is -0.861. The molecule has 0 rings (SSSR count). The molecule has 0 spiro atoms. The van der Waals surface area contributed by atoms with E-state index in [1.54, 1.807) is 6.08 Å². The van der Waals surface area contributed by atoms with Gasteiger partial charge in [-0.05, 0) is 64.2 Å². The smallest absolute Gasteiger partial charge is 0.305 e. The van der Waals surface area contributed by atoms with Crippen LogP contribution in [-0.2, 0) is 14.3 Å². The third-order valence-corrected chi connectivity index (χ3v) is 13.5. The number of hydrogen-bond donors (Lipinski definition) is 3. The monoisotopic (exact) mass is 916 g/mol. The molecule has 65 heavy (non-hydrogen) atoms. The molecular formula is C59H113NO5. The van der Waals surface area contributed by atoms with Gasteiger partial charge in [0.25, 0.3) is 0 Å². The Morgan fingerprint density at radius 3 is 1.09 bits per heavy atom. The van der Waals surface area contributed by atoms with Crippen LogP contribution in [0.1, 0.15) is 316 Å². The van der Waals surface area contributed by atoms with Crippen molar-refractivity contribution in [3.05, 3.63) is 24.3 Å². The van der Waals surface area contributed by atoms with E-state index in [0.29, 0.717) is 19.4 Å². The van der Waals surface area contributed by atoms with Crippen molar-refractivity contribution in [3.8, 4) is 0 Å². The number of esters is 1. The normalized spacial score (nSPS) is 12.7. The summed E-state index contributed by atoms with van der Waals surface area (Å²) in [5.41, 5.74) is 0. The summed E-state index contributed by atoms with van der Waals surface area (Å²) in [7, 11) is 0. The summed E-state index contributed by atoms with van der Waals surface area (Å²) in [6, 6.07) is -0.647. The van der Waals surface area contributed by atoms with Crippen molar-refractivity contribution in [2.45, 2.75) is 328 Å². The van der Waals surface area contributed by atoms with Crippen LogP contribution in [0, 0.1) is 0 Å². The number of unbranched alkanes of at least 4 members (excludes halogenated alkanes) is 41. The Labute approximate surface area is 405 Å². The summed E-state index contributed by atoms with van der Waals surface area (Å²) in [6.07, 6.45) is 66.3. The average Bonchev–Trinajstić information content (AvgIpc) is 3.31. The molecule has 0 aromatic carbocycles. The maximum atomic E-state index is 12.5. The molecule has 0 saturated carbocycles. The van der Waals surface area contributed by atoms with Gasteiger partial charge < -0.3 is 20.3 Å². The second-order valence-corrected chi connectivity index (χ2v) is 20.0. The SMILES string of the molecule is CCCCCCCCCCCCCCCCCCCCC/C=C/C(O)C(CO)NC(=O)CCCCCCC/C=C\CCCCCOC(=O)CCCCCCCCCCCCCCCCC. The van der Waals surface area contributed by atoms with Crippen molar-refractivity contribution < 1.29 is 24.5 Å². The molecule has 0 radical (unpaired) electrons. The fraction of sp³-hybridized carbons (Fsp3) is 0.898. The molecule has 0 aliphatic heterocycles. The standard InChI is InChI=1S/C59H113NO5/c1-3-5-7-9-11-13-15-17-19-20-21-22-23-24-26-27-31-35-39-43-47-51-57(62)56(55-61)60-58(63)52-48-44-40-36-32-29-30-34-38-42-46-50-54-65-59(64)53-49-45-41-37-33-28-25-18-16-14-12-10-8-6-4-2/h30,34,47,51,56-57,61-62H,3-29,31-33,35-46,48-50,52-55H2,1-2H3,(H,60,63)/b34-30-,51-47+. The Balaban J connectivity index is 3.52. The van der Waals surface area contributed by atoms with Crippen LogP contribution in [0.25, 0.3) is 0 Å². The highest BCUT2D eigenvalue weighted by molar-refractivity contribution is 5.76. The zero-order chi connectivity index (χ0) is 47.2. The summed E-state index contributed by atoms with van der Waals surface area (Å²) >= 11 is 0. The molecule has 3 N–H and O–H groups in total. The van der Waals surface area contributed by atoms with Crippen molar-refractivity contribution in [2.75, 3.05) is 13.2 Å². The molecule has 0 saturated heterocycles. The lowest BCUT2D eigenvalue weighted by Crippen LogP contribution is -2.45. The number of allylic oxidation sites excluding steroid dienone is 3. The van der Waals surface area contributed by atoms with E-state index >= 15 is 0 Å². The van der Waals surface area contributed by atoms with Crippen molar-refractivity contribution in [2.24, 2.45) is 0 Å². The third-order valence-electron chi connectivity index (χ3n) is 13.5. The van der Waals surface area contributed by atoms with E-state index in [0.717, 1.165) is 77.0 Å². The Bertz CT molecular complexity index is 1010. The predicted molar refractivity (Wildman–Crippen MR) is 283 cm³/mol. The molecule has 2 atom stereocenters. The molecular weight excluding hydrogens is 803 g/mol. The van der Waals surface area contributed by atoms with Gasteiger partial charge in [0.15, 0.2) is 0 Å². The van der Waals surface area contributed by atoms with E-state index in [2.05, 4.69) is 31.3 Å². The van der Waals surface area contributed by atoms with Crippen molar-refractivity contribution >= 4 is 11.9 Å². The highest BCUT2D eigenvalue weighted by Crippen LogP contribution is 2.17. The predicted octanol–water partition coefficient (Wildman–Crippen LogP) is 17.9. The number of rotatable bonds is 54. The molecule has 0 heterocycles.